The lowest BCUT2D eigenvalue weighted by atomic mass is 9.85. The molecule has 1 fully saturated rings. The average Bonchev–Trinajstić information content (AvgIpc) is 3.25. The highest BCUT2D eigenvalue weighted by Gasteiger charge is 2.51. The first-order chi connectivity index (χ1) is 29.9. The fourth-order valence-corrected chi connectivity index (χ4v) is 8.79. The minimum Gasteiger partial charge on any atom is -0.462 e. The van der Waals surface area contributed by atoms with Gasteiger partial charge in [-0.3, -0.25) is 18.6 Å². The maximum Gasteiger partial charge on any atom is 0.472 e. The molecule has 1 rings (SSSR count). The molecule has 14 heteroatoms. The Bertz CT molecular complexity index is 1140. The average molecular weight is 907 g/mol. The minimum atomic E-state index is -5.12. The second-order valence-corrected chi connectivity index (χ2v) is 19.1. The van der Waals surface area contributed by atoms with Gasteiger partial charge < -0.3 is 39.9 Å². The number of hydrogen-bond acceptors (Lipinski definition) is 12. The Morgan fingerprint density at radius 2 is 0.823 bits per heavy atom. The fourth-order valence-electron chi connectivity index (χ4n) is 7.81. The number of hydrogen-bond donors (Lipinski definition) is 6. The van der Waals surface area contributed by atoms with Gasteiger partial charge in [0.25, 0.3) is 0 Å². The molecular weight excluding hydrogens is 815 g/mol. The summed E-state index contributed by atoms with van der Waals surface area (Å²) in [6.45, 7) is 3.32. The van der Waals surface area contributed by atoms with Crippen LogP contribution in [0, 0.1) is 0 Å². The molecule has 1 aliphatic rings. The lowest BCUT2D eigenvalue weighted by molar-refractivity contribution is -0.220. The number of phosphoric ester groups is 1. The fraction of sp³-hybridized carbons (Fsp3) is 0.917. The first-order valence-corrected chi connectivity index (χ1v) is 26.5. The summed E-state index contributed by atoms with van der Waals surface area (Å²) in [7, 11) is -5.12. The summed E-state index contributed by atoms with van der Waals surface area (Å²) >= 11 is 0. The molecule has 0 amide bonds. The zero-order valence-corrected chi connectivity index (χ0v) is 39.8. The van der Waals surface area contributed by atoms with Crippen molar-refractivity contribution >= 4 is 19.8 Å². The number of carbonyl (C=O) groups excluding carboxylic acids is 2. The maximum atomic E-state index is 12.8. The molecule has 0 aliphatic heterocycles. The lowest BCUT2D eigenvalue weighted by Crippen LogP contribution is -2.64. The molecular formula is C48H91O13P. The zero-order chi connectivity index (χ0) is 45.7. The van der Waals surface area contributed by atoms with Crippen molar-refractivity contribution in [2.45, 2.75) is 268 Å². The van der Waals surface area contributed by atoms with Gasteiger partial charge in [0.2, 0.25) is 0 Å². The van der Waals surface area contributed by atoms with Gasteiger partial charge in [0.1, 0.15) is 43.2 Å². The van der Waals surface area contributed by atoms with Gasteiger partial charge in [0.05, 0.1) is 6.61 Å². The van der Waals surface area contributed by atoms with Crippen LogP contribution in [0.3, 0.4) is 0 Å². The van der Waals surface area contributed by atoms with Crippen molar-refractivity contribution < 1.29 is 63.1 Å². The molecule has 0 radical (unpaired) electrons. The first-order valence-electron chi connectivity index (χ1n) is 25.0. The van der Waals surface area contributed by atoms with Gasteiger partial charge in [0.15, 0.2) is 6.10 Å². The Kier molecular flexibility index (Phi) is 36.7. The van der Waals surface area contributed by atoms with Gasteiger partial charge in [0, 0.05) is 12.8 Å². The topological polar surface area (TPSA) is 210 Å². The van der Waals surface area contributed by atoms with Crippen LogP contribution in [0.5, 0.6) is 0 Å². The van der Waals surface area contributed by atoms with Gasteiger partial charge in [-0.25, -0.2) is 4.57 Å². The third-order valence-electron chi connectivity index (χ3n) is 11.9. The van der Waals surface area contributed by atoms with Gasteiger partial charge in [-0.05, 0) is 38.5 Å². The molecule has 13 nitrogen and oxygen atoms in total. The van der Waals surface area contributed by atoms with E-state index in [1.54, 1.807) is 0 Å². The third-order valence-corrected chi connectivity index (χ3v) is 12.8. The zero-order valence-electron chi connectivity index (χ0n) is 38.9. The Morgan fingerprint density at radius 3 is 1.23 bits per heavy atom. The second kappa shape index (κ2) is 38.8. The number of unbranched alkanes of at least 4 members (excludes halogenated alkanes) is 28. The van der Waals surface area contributed by atoms with Crippen LogP contribution in [-0.4, -0.2) is 98.3 Å². The van der Waals surface area contributed by atoms with Crippen LogP contribution in [0.4, 0.5) is 0 Å². The van der Waals surface area contributed by atoms with Gasteiger partial charge in [-0.2, -0.15) is 0 Å². The normalized spacial score (nSPS) is 21.9. The van der Waals surface area contributed by atoms with Crippen LogP contribution in [0.15, 0.2) is 12.2 Å². The number of esters is 2. The van der Waals surface area contributed by atoms with E-state index in [1.807, 2.05) is 0 Å². The van der Waals surface area contributed by atoms with Crippen LogP contribution in [-0.2, 0) is 32.7 Å². The first kappa shape index (κ1) is 58.6. The van der Waals surface area contributed by atoms with Gasteiger partial charge in [-0.1, -0.05) is 187 Å². The molecule has 6 N–H and O–H groups in total. The van der Waals surface area contributed by atoms with Gasteiger partial charge in [-0.15, -0.1) is 0 Å². The molecule has 0 heterocycles. The van der Waals surface area contributed by atoms with Crippen LogP contribution >= 0.6 is 7.82 Å². The van der Waals surface area contributed by atoms with E-state index in [0.717, 1.165) is 51.4 Å². The summed E-state index contributed by atoms with van der Waals surface area (Å²) in [4.78, 5) is 35.8. The van der Waals surface area contributed by atoms with Crippen LogP contribution in [0.2, 0.25) is 0 Å². The van der Waals surface area contributed by atoms with Crippen molar-refractivity contribution in [3.63, 3.8) is 0 Å². The van der Waals surface area contributed by atoms with Crippen molar-refractivity contribution in [2.24, 2.45) is 0 Å². The van der Waals surface area contributed by atoms with Gasteiger partial charge >= 0.3 is 19.8 Å². The van der Waals surface area contributed by atoms with E-state index < -0.39 is 75.7 Å². The predicted octanol–water partition coefficient (Wildman–Crippen LogP) is 10.2. The summed E-state index contributed by atoms with van der Waals surface area (Å²) in [5, 5.41) is 50.2. The number of phosphoric acid groups is 1. The Morgan fingerprint density at radius 1 is 0.484 bits per heavy atom. The van der Waals surface area contributed by atoms with Crippen LogP contribution in [0.1, 0.15) is 226 Å². The standard InChI is InChI=1S/C48H91O13P/c1-3-5-7-9-11-13-15-17-19-21-23-25-27-29-31-33-35-37-42(50)60-40(39-59-62(56,57)61-48-46(54)44(52)43(51)45(53)47(48)55)38-58-41(49)36-34-32-30-28-26-24-22-20-18-16-14-12-10-8-6-4-2/h17,19,40,43-48,51-55H,3-16,18,20-39H2,1-2H3,(H,56,57)/b19-17-. The lowest BCUT2D eigenvalue weighted by Gasteiger charge is -2.41. The number of ether oxygens (including phenoxy) is 2. The molecule has 6 atom stereocenters. The highest BCUT2D eigenvalue weighted by atomic mass is 31.2. The Labute approximate surface area is 375 Å². The number of carbonyl (C=O) groups is 2. The summed E-state index contributed by atoms with van der Waals surface area (Å²) < 4.78 is 33.6. The monoisotopic (exact) mass is 907 g/mol. The molecule has 366 valence electrons. The van der Waals surface area contributed by atoms with E-state index in [-0.39, 0.29) is 12.8 Å². The van der Waals surface area contributed by atoms with Crippen molar-refractivity contribution in [3.05, 3.63) is 12.2 Å². The largest absolute Gasteiger partial charge is 0.472 e. The molecule has 62 heavy (non-hydrogen) atoms. The molecule has 0 bridgehead atoms. The number of aliphatic hydroxyl groups is 5. The molecule has 6 unspecified atom stereocenters. The third kappa shape index (κ3) is 30.7. The minimum absolute atomic E-state index is 0.0961. The SMILES string of the molecule is CCCCCCCC/C=C\CCCCCCCCCC(=O)OC(COC(=O)CCCCCCCCCCCCCCCCCC)COP(=O)(O)OC1C(O)C(O)C(O)C(O)C1O. The summed E-state index contributed by atoms with van der Waals surface area (Å²) in [6, 6.07) is 0. The highest BCUT2D eigenvalue weighted by molar-refractivity contribution is 7.47. The van der Waals surface area contributed by atoms with Crippen LogP contribution < -0.4 is 0 Å². The van der Waals surface area contributed by atoms with Crippen molar-refractivity contribution in [1.82, 2.24) is 0 Å². The smallest absolute Gasteiger partial charge is 0.462 e. The molecule has 1 aliphatic carbocycles. The number of allylic oxidation sites excluding steroid dienone is 2. The molecule has 0 aromatic rings. The van der Waals surface area contributed by atoms with Crippen molar-refractivity contribution in [3.8, 4) is 0 Å². The molecule has 0 saturated heterocycles. The van der Waals surface area contributed by atoms with Crippen molar-refractivity contribution in [1.29, 1.82) is 0 Å². The summed E-state index contributed by atoms with van der Waals surface area (Å²) in [6.07, 6.45) is 28.3. The summed E-state index contributed by atoms with van der Waals surface area (Å²) in [5.41, 5.74) is 0. The second-order valence-electron chi connectivity index (χ2n) is 17.7. The van der Waals surface area contributed by atoms with E-state index in [0.29, 0.717) is 12.8 Å². The molecule has 1 saturated carbocycles. The molecule has 0 spiro atoms. The Hall–Kier alpha value is -1.41. The Balaban J connectivity index is 2.41. The van der Waals surface area contributed by atoms with E-state index in [4.69, 9.17) is 18.5 Å². The summed E-state index contributed by atoms with van der Waals surface area (Å²) in [5.74, 6) is -1.09. The number of rotatable bonds is 42. The quantitative estimate of drug-likeness (QED) is 0.0146. The van der Waals surface area contributed by atoms with E-state index in [2.05, 4.69) is 26.0 Å². The van der Waals surface area contributed by atoms with Crippen LogP contribution in [0.25, 0.3) is 0 Å². The predicted molar refractivity (Wildman–Crippen MR) is 244 cm³/mol. The van der Waals surface area contributed by atoms with E-state index in [1.165, 1.54) is 135 Å². The van der Waals surface area contributed by atoms with E-state index >= 15 is 0 Å². The molecule has 0 aromatic heterocycles. The highest BCUT2D eigenvalue weighted by Crippen LogP contribution is 2.47. The van der Waals surface area contributed by atoms with E-state index in [9.17, 15) is 44.6 Å². The van der Waals surface area contributed by atoms with Crippen molar-refractivity contribution in [2.75, 3.05) is 13.2 Å². The number of aliphatic hydroxyl groups excluding tert-OH is 5. The molecule has 0 aromatic carbocycles. The maximum absolute atomic E-state index is 12.8.